The summed E-state index contributed by atoms with van der Waals surface area (Å²) in [6.45, 7) is 6.86. The predicted molar refractivity (Wildman–Crippen MR) is 75.1 cm³/mol. The molecule has 0 spiro atoms. The Labute approximate surface area is 117 Å². The Hall–Kier alpha value is -1.39. The maximum Gasteiger partial charge on any atom is 0.148 e. The van der Waals surface area contributed by atoms with Gasteiger partial charge in [-0.2, -0.15) is 0 Å². The minimum atomic E-state index is -0.359. The van der Waals surface area contributed by atoms with Crippen LogP contribution >= 0.6 is 11.6 Å². The molecule has 102 valence electrons. The Balaban J connectivity index is 2.28. The second-order valence-electron chi connectivity index (χ2n) is 5.45. The minimum absolute atomic E-state index is 0.00631. The Morgan fingerprint density at radius 3 is 2.74 bits per heavy atom. The van der Waals surface area contributed by atoms with Gasteiger partial charge in [-0.1, -0.05) is 11.6 Å². The fraction of sp³-hybridized carbons (Fsp3) is 0.357. The van der Waals surface area contributed by atoms with Gasteiger partial charge in [0.2, 0.25) is 0 Å². The van der Waals surface area contributed by atoms with Crippen LogP contribution in [0.4, 0.5) is 4.39 Å². The third-order valence-corrected chi connectivity index (χ3v) is 2.92. The van der Waals surface area contributed by atoms with E-state index in [0.717, 1.165) is 5.69 Å². The van der Waals surface area contributed by atoms with Crippen LogP contribution in [0.25, 0.3) is 5.69 Å². The molecule has 0 atom stereocenters. The van der Waals surface area contributed by atoms with Crippen LogP contribution in [0.2, 0.25) is 5.02 Å². The minimum Gasteiger partial charge on any atom is -0.306 e. The maximum atomic E-state index is 13.9. The van der Waals surface area contributed by atoms with Crippen molar-refractivity contribution in [1.82, 2.24) is 14.9 Å². The van der Waals surface area contributed by atoms with Gasteiger partial charge < -0.3 is 5.32 Å². The molecule has 0 fully saturated rings. The first-order valence-corrected chi connectivity index (χ1v) is 6.46. The van der Waals surface area contributed by atoms with Gasteiger partial charge in [0.05, 0.1) is 17.7 Å². The summed E-state index contributed by atoms with van der Waals surface area (Å²) in [6, 6.07) is 4.62. The molecule has 0 radical (unpaired) electrons. The van der Waals surface area contributed by atoms with Gasteiger partial charge in [0.15, 0.2) is 0 Å². The Bertz CT molecular complexity index is 572. The molecule has 0 aliphatic rings. The van der Waals surface area contributed by atoms with Gasteiger partial charge in [-0.3, -0.25) is 4.57 Å². The summed E-state index contributed by atoms with van der Waals surface area (Å²) in [4.78, 5) is 4.09. The van der Waals surface area contributed by atoms with Crippen molar-refractivity contribution in [2.75, 3.05) is 0 Å². The van der Waals surface area contributed by atoms with E-state index in [1.807, 2.05) is 0 Å². The van der Waals surface area contributed by atoms with Gasteiger partial charge in [-0.25, -0.2) is 9.37 Å². The molecule has 1 heterocycles. The van der Waals surface area contributed by atoms with Crippen LogP contribution in [-0.2, 0) is 6.54 Å². The molecule has 2 aromatic rings. The molecule has 1 aromatic heterocycles. The molecule has 0 saturated heterocycles. The molecule has 1 N–H and O–H groups in total. The molecular formula is C14H17ClFN3. The third kappa shape index (κ3) is 3.55. The smallest absolute Gasteiger partial charge is 0.148 e. The van der Waals surface area contributed by atoms with Crippen LogP contribution in [0.3, 0.4) is 0 Å². The molecule has 3 nitrogen and oxygen atoms in total. The van der Waals surface area contributed by atoms with Crippen molar-refractivity contribution in [3.63, 3.8) is 0 Å². The number of imidazole rings is 1. The van der Waals surface area contributed by atoms with Crippen molar-refractivity contribution >= 4 is 11.6 Å². The predicted octanol–water partition coefficient (Wildman–Crippen LogP) is 3.55. The quantitative estimate of drug-likeness (QED) is 0.932. The Kier molecular flexibility index (Phi) is 3.92. The zero-order valence-electron chi connectivity index (χ0n) is 11.2. The van der Waals surface area contributed by atoms with E-state index in [4.69, 9.17) is 11.6 Å². The van der Waals surface area contributed by atoms with Crippen LogP contribution in [0, 0.1) is 5.82 Å². The van der Waals surface area contributed by atoms with Crippen molar-refractivity contribution < 1.29 is 4.39 Å². The number of nitrogens with one attached hydrogen (secondary N) is 1. The molecule has 5 heteroatoms. The van der Waals surface area contributed by atoms with Crippen molar-refractivity contribution in [3.8, 4) is 5.69 Å². The summed E-state index contributed by atoms with van der Waals surface area (Å²) in [5.41, 5.74) is 1.34. The molecule has 0 aliphatic carbocycles. The zero-order chi connectivity index (χ0) is 14.0. The van der Waals surface area contributed by atoms with Gasteiger partial charge >= 0.3 is 0 Å². The average molecular weight is 282 g/mol. The maximum absolute atomic E-state index is 13.9. The van der Waals surface area contributed by atoms with Crippen molar-refractivity contribution in [3.05, 3.63) is 47.3 Å². The number of halogens is 2. The highest BCUT2D eigenvalue weighted by atomic mass is 35.5. The summed E-state index contributed by atoms with van der Waals surface area (Å²) < 4.78 is 15.6. The summed E-state index contributed by atoms with van der Waals surface area (Å²) in [5, 5.41) is 3.74. The van der Waals surface area contributed by atoms with Gasteiger partial charge in [0.25, 0.3) is 0 Å². The summed E-state index contributed by atoms with van der Waals surface area (Å²) >= 11 is 5.76. The zero-order valence-corrected chi connectivity index (χ0v) is 12.0. The largest absolute Gasteiger partial charge is 0.306 e. The van der Waals surface area contributed by atoms with E-state index in [-0.39, 0.29) is 11.4 Å². The van der Waals surface area contributed by atoms with E-state index in [9.17, 15) is 4.39 Å². The third-order valence-electron chi connectivity index (χ3n) is 2.68. The van der Waals surface area contributed by atoms with Gasteiger partial charge in [0, 0.05) is 23.3 Å². The first-order chi connectivity index (χ1) is 8.87. The monoisotopic (exact) mass is 281 g/mol. The Morgan fingerprint density at radius 2 is 2.11 bits per heavy atom. The van der Waals surface area contributed by atoms with E-state index in [1.165, 1.54) is 6.07 Å². The molecular weight excluding hydrogens is 265 g/mol. The standard InChI is InChI=1S/C14H17ClFN3/c1-14(2,3)18-8-11-7-17-9-19(11)13-5-4-10(15)6-12(13)16/h4-7,9,18H,8H2,1-3H3. The topological polar surface area (TPSA) is 29.9 Å². The molecule has 19 heavy (non-hydrogen) atoms. The van der Waals surface area contributed by atoms with Crippen LogP contribution in [0.1, 0.15) is 26.5 Å². The van der Waals surface area contributed by atoms with E-state index >= 15 is 0 Å². The number of hydrogen-bond acceptors (Lipinski definition) is 2. The van der Waals surface area contributed by atoms with E-state index in [0.29, 0.717) is 17.3 Å². The number of rotatable bonds is 3. The molecule has 0 saturated carbocycles. The molecule has 0 bridgehead atoms. The van der Waals surface area contributed by atoms with Crippen LogP contribution < -0.4 is 5.32 Å². The molecule has 2 rings (SSSR count). The summed E-state index contributed by atoms with van der Waals surface area (Å²) in [5.74, 6) is -0.359. The summed E-state index contributed by atoms with van der Waals surface area (Å²) in [6.07, 6.45) is 3.33. The fourth-order valence-corrected chi connectivity index (χ4v) is 1.86. The number of benzene rings is 1. The van der Waals surface area contributed by atoms with E-state index in [1.54, 1.807) is 29.2 Å². The van der Waals surface area contributed by atoms with E-state index in [2.05, 4.69) is 31.1 Å². The first-order valence-electron chi connectivity index (χ1n) is 6.08. The first kappa shape index (κ1) is 14.0. The second kappa shape index (κ2) is 5.31. The lowest BCUT2D eigenvalue weighted by Crippen LogP contribution is -2.35. The average Bonchev–Trinajstić information content (AvgIpc) is 2.73. The normalized spacial score (nSPS) is 11.8. The van der Waals surface area contributed by atoms with E-state index < -0.39 is 0 Å². The van der Waals surface area contributed by atoms with Crippen molar-refractivity contribution in [2.24, 2.45) is 0 Å². The highest BCUT2D eigenvalue weighted by Crippen LogP contribution is 2.20. The van der Waals surface area contributed by atoms with Gasteiger partial charge in [0.1, 0.15) is 5.82 Å². The lowest BCUT2D eigenvalue weighted by molar-refractivity contribution is 0.419. The second-order valence-corrected chi connectivity index (χ2v) is 5.89. The molecule has 1 aromatic carbocycles. The van der Waals surface area contributed by atoms with Crippen molar-refractivity contribution in [2.45, 2.75) is 32.9 Å². The fourth-order valence-electron chi connectivity index (χ4n) is 1.70. The number of aromatic nitrogens is 2. The Morgan fingerprint density at radius 1 is 1.37 bits per heavy atom. The van der Waals surface area contributed by atoms with Crippen LogP contribution in [0.15, 0.2) is 30.7 Å². The number of hydrogen-bond donors (Lipinski definition) is 1. The molecule has 0 aliphatic heterocycles. The number of nitrogens with zero attached hydrogens (tertiary/aromatic N) is 2. The SMILES string of the molecule is CC(C)(C)NCc1cncn1-c1ccc(Cl)cc1F. The lowest BCUT2D eigenvalue weighted by atomic mass is 10.1. The summed E-state index contributed by atoms with van der Waals surface area (Å²) in [7, 11) is 0. The molecule has 0 unspecified atom stereocenters. The molecule has 0 amide bonds. The highest BCUT2D eigenvalue weighted by molar-refractivity contribution is 6.30. The van der Waals surface area contributed by atoms with Crippen molar-refractivity contribution in [1.29, 1.82) is 0 Å². The van der Waals surface area contributed by atoms with Crippen LogP contribution in [0.5, 0.6) is 0 Å². The van der Waals surface area contributed by atoms with Gasteiger partial charge in [-0.15, -0.1) is 0 Å². The van der Waals surface area contributed by atoms with Crippen LogP contribution in [-0.4, -0.2) is 15.1 Å². The highest BCUT2D eigenvalue weighted by Gasteiger charge is 2.13. The lowest BCUT2D eigenvalue weighted by Gasteiger charge is -2.21. The van der Waals surface area contributed by atoms with Gasteiger partial charge in [-0.05, 0) is 39.0 Å².